The topological polar surface area (TPSA) is 24.9 Å². The standard InChI is InChI=1S/C12H20N2S/c1-3-13-11(7-6-10-4-5-10)12-8-14-9(2)15-12/h8,10-11,13H,3-7H2,1-2H3. The fourth-order valence-electron chi connectivity index (χ4n) is 1.94. The summed E-state index contributed by atoms with van der Waals surface area (Å²) in [5.74, 6) is 1.03. The number of hydrogen-bond donors (Lipinski definition) is 1. The van der Waals surface area contributed by atoms with Gasteiger partial charge in [-0.2, -0.15) is 0 Å². The molecule has 1 N–H and O–H groups in total. The van der Waals surface area contributed by atoms with Crippen LogP contribution in [0.2, 0.25) is 0 Å². The molecule has 2 nitrogen and oxygen atoms in total. The van der Waals surface area contributed by atoms with E-state index in [1.807, 2.05) is 17.5 Å². The molecule has 0 bridgehead atoms. The zero-order valence-corrected chi connectivity index (χ0v) is 10.4. The Morgan fingerprint density at radius 2 is 2.40 bits per heavy atom. The van der Waals surface area contributed by atoms with Crippen molar-refractivity contribution in [1.29, 1.82) is 0 Å². The van der Waals surface area contributed by atoms with Crippen LogP contribution in [-0.2, 0) is 0 Å². The van der Waals surface area contributed by atoms with Crippen molar-refractivity contribution in [3.05, 3.63) is 16.1 Å². The van der Waals surface area contributed by atoms with E-state index < -0.39 is 0 Å². The number of nitrogens with one attached hydrogen (secondary N) is 1. The third-order valence-corrected chi connectivity index (χ3v) is 4.02. The number of aromatic nitrogens is 1. The van der Waals surface area contributed by atoms with Gasteiger partial charge in [-0.05, 0) is 32.2 Å². The highest BCUT2D eigenvalue weighted by Crippen LogP contribution is 2.36. The van der Waals surface area contributed by atoms with E-state index in [0.717, 1.165) is 12.5 Å². The minimum absolute atomic E-state index is 0.543. The lowest BCUT2D eigenvalue weighted by atomic mass is 10.1. The van der Waals surface area contributed by atoms with Crippen LogP contribution in [0.25, 0.3) is 0 Å². The molecule has 3 heteroatoms. The van der Waals surface area contributed by atoms with Crippen LogP contribution >= 0.6 is 11.3 Å². The van der Waals surface area contributed by atoms with Crippen molar-refractivity contribution in [2.24, 2.45) is 5.92 Å². The summed E-state index contributed by atoms with van der Waals surface area (Å²) in [5, 5.41) is 4.75. The van der Waals surface area contributed by atoms with E-state index in [4.69, 9.17) is 0 Å². The molecule has 1 atom stereocenters. The maximum Gasteiger partial charge on any atom is 0.0897 e. The Labute approximate surface area is 96.1 Å². The molecular weight excluding hydrogens is 204 g/mol. The number of aryl methyl sites for hydroxylation is 1. The first-order valence-electron chi connectivity index (χ1n) is 5.95. The summed E-state index contributed by atoms with van der Waals surface area (Å²) in [4.78, 5) is 5.75. The monoisotopic (exact) mass is 224 g/mol. The molecule has 0 aliphatic heterocycles. The predicted octanol–water partition coefficient (Wildman–Crippen LogP) is 3.29. The van der Waals surface area contributed by atoms with E-state index in [-0.39, 0.29) is 0 Å². The second kappa shape index (κ2) is 5.08. The first-order chi connectivity index (χ1) is 7.29. The molecule has 1 unspecified atom stereocenters. The van der Waals surface area contributed by atoms with Crippen molar-refractivity contribution in [3.63, 3.8) is 0 Å². The van der Waals surface area contributed by atoms with E-state index in [9.17, 15) is 0 Å². The van der Waals surface area contributed by atoms with E-state index >= 15 is 0 Å². The van der Waals surface area contributed by atoms with E-state index in [0.29, 0.717) is 6.04 Å². The van der Waals surface area contributed by atoms with Crippen molar-refractivity contribution >= 4 is 11.3 Å². The molecule has 0 amide bonds. The van der Waals surface area contributed by atoms with Gasteiger partial charge in [0.1, 0.15) is 0 Å². The zero-order valence-electron chi connectivity index (χ0n) is 9.62. The highest BCUT2D eigenvalue weighted by molar-refractivity contribution is 7.11. The molecular formula is C12H20N2S. The van der Waals surface area contributed by atoms with E-state index in [1.165, 1.54) is 35.6 Å². The summed E-state index contributed by atoms with van der Waals surface area (Å²) in [7, 11) is 0. The second-order valence-electron chi connectivity index (χ2n) is 4.41. The van der Waals surface area contributed by atoms with Gasteiger partial charge in [-0.25, -0.2) is 4.98 Å². The molecule has 1 aliphatic carbocycles. The minimum atomic E-state index is 0.543. The van der Waals surface area contributed by atoms with Crippen LogP contribution < -0.4 is 5.32 Å². The lowest BCUT2D eigenvalue weighted by Gasteiger charge is -2.15. The molecule has 1 saturated carbocycles. The molecule has 0 saturated heterocycles. The number of nitrogens with zero attached hydrogens (tertiary/aromatic N) is 1. The molecule has 1 aromatic rings. The van der Waals surface area contributed by atoms with Gasteiger partial charge in [0.25, 0.3) is 0 Å². The van der Waals surface area contributed by atoms with Crippen molar-refractivity contribution in [3.8, 4) is 0 Å². The Hall–Kier alpha value is -0.410. The van der Waals surface area contributed by atoms with Crippen molar-refractivity contribution in [1.82, 2.24) is 10.3 Å². The number of hydrogen-bond acceptors (Lipinski definition) is 3. The first kappa shape index (κ1) is 11.1. The minimum Gasteiger partial charge on any atom is -0.309 e. The smallest absolute Gasteiger partial charge is 0.0897 e. The summed E-state index contributed by atoms with van der Waals surface area (Å²) < 4.78 is 0. The van der Waals surface area contributed by atoms with Crippen LogP contribution in [-0.4, -0.2) is 11.5 Å². The number of rotatable bonds is 6. The van der Waals surface area contributed by atoms with Crippen LogP contribution in [0.15, 0.2) is 6.20 Å². The Morgan fingerprint density at radius 3 is 2.93 bits per heavy atom. The molecule has 1 heterocycles. The highest BCUT2D eigenvalue weighted by Gasteiger charge is 2.23. The third-order valence-electron chi connectivity index (χ3n) is 2.99. The summed E-state index contributed by atoms with van der Waals surface area (Å²) >= 11 is 1.83. The van der Waals surface area contributed by atoms with Gasteiger partial charge in [0.05, 0.1) is 5.01 Å². The molecule has 0 spiro atoms. The normalized spacial score (nSPS) is 18.0. The number of thiazole rings is 1. The molecule has 84 valence electrons. The maximum absolute atomic E-state index is 4.34. The van der Waals surface area contributed by atoms with Gasteiger partial charge in [-0.3, -0.25) is 0 Å². The fraction of sp³-hybridized carbons (Fsp3) is 0.750. The molecule has 15 heavy (non-hydrogen) atoms. The lowest BCUT2D eigenvalue weighted by molar-refractivity contribution is 0.487. The summed E-state index contributed by atoms with van der Waals surface area (Å²) in [6, 6.07) is 0.543. The Kier molecular flexibility index (Phi) is 3.76. The van der Waals surface area contributed by atoms with Gasteiger partial charge in [-0.15, -0.1) is 11.3 Å². The van der Waals surface area contributed by atoms with Gasteiger partial charge >= 0.3 is 0 Å². The highest BCUT2D eigenvalue weighted by atomic mass is 32.1. The van der Waals surface area contributed by atoms with Gasteiger partial charge < -0.3 is 5.32 Å². The quantitative estimate of drug-likeness (QED) is 0.802. The summed E-state index contributed by atoms with van der Waals surface area (Å²) in [5.41, 5.74) is 0. The van der Waals surface area contributed by atoms with E-state index in [2.05, 4.69) is 24.1 Å². The lowest BCUT2D eigenvalue weighted by Crippen LogP contribution is -2.20. The van der Waals surface area contributed by atoms with Crippen molar-refractivity contribution < 1.29 is 0 Å². The van der Waals surface area contributed by atoms with Crippen molar-refractivity contribution in [2.75, 3.05) is 6.54 Å². The fourth-order valence-corrected chi connectivity index (χ4v) is 2.83. The SMILES string of the molecule is CCNC(CCC1CC1)c1cnc(C)s1. The average molecular weight is 224 g/mol. The van der Waals surface area contributed by atoms with Crippen LogP contribution in [0.5, 0.6) is 0 Å². The second-order valence-corrected chi connectivity index (χ2v) is 5.68. The largest absolute Gasteiger partial charge is 0.309 e. The molecule has 0 aromatic carbocycles. The van der Waals surface area contributed by atoms with Gasteiger partial charge in [0, 0.05) is 17.1 Å². The Balaban J connectivity index is 1.91. The van der Waals surface area contributed by atoms with Crippen LogP contribution in [0, 0.1) is 12.8 Å². The Bertz CT molecular complexity index is 304. The van der Waals surface area contributed by atoms with Gasteiger partial charge in [-0.1, -0.05) is 19.8 Å². The molecule has 2 rings (SSSR count). The van der Waals surface area contributed by atoms with E-state index in [1.54, 1.807) is 0 Å². The molecule has 1 aliphatic rings. The van der Waals surface area contributed by atoms with Crippen LogP contribution in [0.4, 0.5) is 0 Å². The van der Waals surface area contributed by atoms with Crippen molar-refractivity contribution in [2.45, 2.75) is 45.6 Å². The first-order valence-corrected chi connectivity index (χ1v) is 6.77. The molecule has 0 radical (unpaired) electrons. The summed E-state index contributed by atoms with van der Waals surface area (Å²) in [6.07, 6.45) is 7.62. The van der Waals surface area contributed by atoms with Crippen LogP contribution in [0.3, 0.4) is 0 Å². The zero-order chi connectivity index (χ0) is 10.7. The average Bonchev–Trinajstić information content (AvgIpc) is 2.95. The third kappa shape index (κ3) is 3.28. The Morgan fingerprint density at radius 1 is 1.60 bits per heavy atom. The van der Waals surface area contributed by atoms with Gasteiger partial charge in [0.15, 0.2) is 0 Å². The molecule has 1 fully saturated rings. The van der Waals surface area contributed by atoms with Crippen LogP contribution in [0.1, 0.15) is 48.5 Å². The summed E-state index contributed by atoms with van der Waals surface area (Å²) in [6.45, 7) is 5.31. The maximum atomic E-state index is 4.34. The molecule has 1 aromatic heterocycles. The van der Waals surface area contributed by atoms with Gasteiger partial charge in [0.2, 0.25) is 0 Å². The predicted molar refractivity (Wildman–Crippen MR) is 65.2 cm³/mol.